The van der Waals surface area contributed by atoms with E-state index in [9.17, 15) is 0 Å². The second-order valence-electron chi connectivity index (χ2n) is 6.71. The predicted octanol–water partition coefficient (Wildman–Crippen LogP) is 5.01. The van der Waals surface area contributed by atoms with E-state index in [1.807, 2.05) is 13.0 Å². The second-order valence-corrected chi connectivity index (χ2v) is 6.71. The van der Waals surface area contributed by atoms with E-state index in [4.69, 9.17) is 0 Å². The molecule has 1 fully saturated rings. The van der Waals surface area contributed by atoms with Crippen molar-refractivity contribution < 1.29 is 0 Å². The van der Waals surface area contributed by atoms with E-state index in [2.05, 4.69) is 58.7 Å². The zero-order valence-corrected chi connectivity index (χ0v) is 14.3. The molecule has 0 bridgehead atoms. The SMILES string of the molecule is Cc1cc(Nc2ccccc2C(C)C)nc(NC2CCCC2)n1. The van der Waals surface area contributed by atoms with Gasteiger partial charge < -0.3 is 10.6 Å². The number of anilines is 3. The molecule has 2 aromatic rings. The van der Waals surface area contributed by atoms with Crippen LogP contribution in [0.4, 0.5) is 17.5 Å². The molecule has 0 atom stereocenters. The van der Waals surface area contributed by atoms with Gasteiger partial charge in [-0.25, -0.2) is 4.98 Å². The fourth-order valence-corrected chi connectivity index (χ4v) is 3.20. The Hall–Kier alpha value is -2.10. The summed E-state index contributed by atoms with van der Waals surface area (Å²) in [7, 11) is 0. The van der Waals surface area contributed by atoms with Crippen LogP contribution in [0.5, 0.6) is 0 Å². The van der Waals surface area contributed by atoms with Crippen LogP contribution in [0.3, 0.4) is 0 Å². The first-order chi connectivity index (χ1) is 11.1. The number of para-hydroxylation sites is 1. The smallest absolute Gasteiger partial charge is 0.225 e. The standard InChI is InChI=1S/C19H26N4/c1-13(2)16-10-6-7-11-17(16)22-18-12-14(3)20-19(23-18)21-15-8-4-5-9-15/h6-7,10-13,15H,4-5,8-9H2,1-3H3,(H2,20,21,22,23). The van der Waals surface area contributed by atoms with Crippen molar-refractivity contribution >= 4 is 17.5 Å². The van der Waals surface area contributed by atoms with E-state index in [0.29, 0.717) is 12.0 Å². The van der Waals surface area contributed by atoms with Gasteiger partial charge in [0.25, 0.3) is 0 Å². The number of rotatable bonds is 5. The molecule has 4 nitrogen and oxygen atoms in total. The maximum Gasteiger partial charge on any atom is 0.225 e. The molecule has 3 rings (SSSR count). The van der Waals surface area contributed by atoms with Crippen LogP contribution >= 0.6 is 0 Å². The first-order valence-corrected chi connectivity index (χ1v) is 8.60. The molecule has 0 spiro atoms. The highest BCUT2D eigenvalue weighted by molar-refractivity contribution is 5.62. The van der Waals surface area contributed by atoms with Gasteiger partial charge in [0.2, 0.25) is 5.95 Å². The van der Waals surface area contributed by atoms with E-state index in [0.717, 1.165) is 23.1 Å². The van der Waals surface area contributed by atoms with Gasteiger partial charge in [0.15, 0.2) is 0 Å². The Morgan fingerprint density at radius 1 is 1.09 bits per heavy atom. The molecule has 0 saturated heterocycles. The molecule has 122 valence electrons. The van der Waals surface area contributed by atoms with Gasteiger partial charge in [-0.05, 0) is 37.3 Å². The van der Waals surface area contributed by atoms with Gasteiger partial charge in [0.1, 0.15) is 5.82 Å². The maximum atomic E-state index is 4.66. The summed E-state index contributed by atoms with van der Waals surface area (Å²) < 4.78 is 0. The number of hydrogen-bond donors (Lipinski definition) is 2. The molecule has 4 heteroatoms. The first-order valence-electron chi connectivity index (χ1n) is 8.60. The van der Waals surface area contributed by atoms with Crippen LogP contribution in [0.1, 0.15) is 56.7 Å². The molecule has 1 aromatic heterocycles. The molecule has 1 aliphatic carbocycles. The Labute approximate surface area is 138 Å². The number of aryl methyl sites for hydroxylation is 1. The maximum absolute atomic E-state index is 4.66. The molecule has 2 N–H and O–H groups in total. The lowest BCUT2D eigenvalue weighted by atomic mass is 10.0. The van der Waals surface area contributed by atoms with Crippen LogP contribution in [-0.4, -0.2) is 16.0 Å². The molecule has 1 aliphatic rings. The number of nitrogens with zero attached hydrogens (tertiary/aromatic N) is 2. The highest BCUT2D eigenvalue weighted by Crippen LogP contribution is 2.27. The van der Waals surface area contributed by atoms with E-state index in [1.54, 1.807) is 0 Å². The third kappa shape index (κ3) is 4.01. The lowest BCUT2D eigenvalue weighted by Gasteiger charge is -2.16. The molecular formula is C19H26N4. The second kappa shape index (κ2) is 6.99. The van der Waals surface area contributed by atoms with Crippen molar-refractivity contribution in [2.24, 2.45) is 0 Å². The quantitative estimate of drug-likeness (QED) is 0.815. The topological polar surface area (TPSA) is 49.8 Å². The number of aromatic nitrogens is 2. The van der Waals surface area contributed by atoms with E-state index in [1.165, 1.54) is 31.2 Å². The van der Waals surface area contributed by atoms with Gasteiger partial charge in [0.05, 0.1) is 0 Å². The normalized spacial score (nSPS) is 15.1. The van der Waals surface area contributed by atoms with Crippen LogP contribution < -0.4 is 10.6 Å². The summed E-state index contributed by atoms with van der Waals surface area (Å²) in [6.45, 7) is 6.43. The minimum absolute atomic E-state index is 0.470. The summed E-state index contributed by atoms with van der Waals surface area (Å²) in [5, 5.41) is 6.95. The summed E-state index contributed by atoms with van der Waals surface area (Å²) in [5.41, 5.74) is 3.39. The van der Waals surface area contributed by atoms with Gasteiger partial charge in [-0.15, -0.1) is 0 Å². The molecule has 23 heavy (non-hydrogen) atoms. The van der Waals surface area contributed by atoms with Crippen molar-refractivity contribution in [2.45, 2.75) is 58.4 Å². The Kier molecular flexibility index (Phi) is 4.79. The summed E-state index contributed by atoms with van der Waals surface area (Å²) in [4.78, 5) is 9.19. The van der Waals surface area contributed by atoms with Gasteiger partial charge in [-0.2, -0.15) is 4.98 Å². The molecule has 1 heterocycles. The summed E-state index contributed by atoms with van der Waals surface area (Å²) in [6.07, 6.45) is 5.04. The molecule has 0 amide bonds. The largest absolute Gasteiger partial charge is 0.351 e. The lowest BCUT2D eigenvalue weighted by molar-refractivity contribution is 0.743. The molecule has 0 unspecified atom stereocenters. The zero-order valence-electron chi connectivity index (χ0n) is 14.3. The van der Waals surface area contributed by atoms with Crippen molar-refractivity contribution in [1.82, 2.24) is 9.97 Å². The fraction of sp³-hybridized carbons (Fsp3) is 0.474. The van der Waals surface area contributed by atoms with E-state index >= 15 is 0 Å². The highest BCUT2D eigenvalue weighted by atomic mass is 15.2. The third-order valence-corrected chi connectivity index (χ3v) is 4.39. The Bertz CT molecular complexity index is 660. The van der Waals surface area contributed by atoms with Crippen molar-refractivity contribution in [3.63, 3.8) is 0 Å². The Morgan fingerprint density at radius 3 is 2.57 bits per heavy atom. The van der Waals surface area contributed by atoms with E-state index < -0.39 is 0 Å². The van der Waals surface area contributed by atoms with Gasteiger partial charge in [-0.1, -0.05) is 44.9 Å². The highest BCUT2D eigenvalue weighted by Gasteiger charge is 2.16. The third-order valence-electron chi connectivity index (χ3n) is 4.39. The van der Waals surface area contributed by atoms with Crippen molar-refractivity contribution in [1.29, 1.82) is 0 Å². The fourth-order valence-electron chi connectivity index (χ4n) is 3.20. The summed E-state index contributed by atoms with van der Waals surface area (Å²) >= 11 is 0. The molecule has 0 radical (unpaired) electrons. The van der Waals surface area contributed by atoms with Crippen LogP contribution in [0.15, 0.2) is 30.3 Å². The van der Waals surface area contributed by atoms with Gasteiger partial charge in [0, 0.05) is 23.5 Å². The van der Waals surface area contributed by atoms with Crippen molar-refractivity contribution in [3.05, 3.63) is 41.6 Å². The van der Waals surface area contributed by atoms with Crippen molar-refractivity contribution in [2.75, 3.05) is 10.6 Å². The molecule has 1 aromatic carbocycles. The van der Waals surface area contributed by atoms with Gasteiger partial charge in [-0.3, -0.25) is 0 Å². The Balaban J connectivity index is 1.81. The summed E-state index contributed by atoms with van der Waals surface area (Å²) in [6, 6.07) is 10.9. The monoisotopic (exact) mass is 310 g/mol. The summed E-state index contributed by atoms with van der Waals surface area (Å²) in [5.74, 6) is 2.06. The van der Waals surface area contributed by atoms with Crippen LogP contribution in [0.2, 0.25) is 0 Å². The number of nitrogens with one attached hydrogen (secondary N) is 2. The van der Waals surface area contributed by atoms with Crippen LogP contribution in [-0.2, 0) is 0 Å². The van der Waals surface area contributed by atoms with Crippen LogP contribution in [0, 0.1) is 6.92 Å². The average molecular weight is 310 g/mol. The zero-order chi connectivity index (χ0) is 16.2. The molecule has 1 saturated carbocycles. The predicted molar refractivity (Wildman–Crippen MR) is 96.5 cm³/mol. The Morgan fingerprint density at radius 2 is 1.83 bits per heavy atom. The molecular weight excluding hydrogens is 284 g/mol. The van der Waals surface area contributed by atoms with Crippen molar-refractivity contribution in [3.8, 4) is 0 Å². The lowest BCUT2D eigenvalue weighted by Crippen LogP contribution is -2.17. The minimum Gasteiger partial charge on any atom is -0.351 e. The van der Waals surface area contributed by atoms with Gasteiger partial charge >= 0.3 is 0 Å². The number of hydrogen-bond acceptors (Lipinski definition) is 4. The minimum atomic E-state index is 0.470. The number of benzene rings is 1. The van der Waals surface area contributed by atoms with E-state index in [-0.39, 0.29) is 0 Å². The van der Waals surface area contributed by atoms with Crippen LogP contribution in [0.25, 0.3) is 0 Å². The first kappa shape index (κ1) is 15.8. The average Bonchev–Trinajstić information content (AvgIpc) is 3.00. The molecule has 0 aliphatic heterocycles.